The number of benzene rings is 2. The van der Waals surface area contributed by atoms with Gasteiger partial charge in [0.15, 0.2) is 0 Å². The van der Waals surface area contributed by atoms with Crippen LogP contribution in [0.15, 0.2) is 59.5 Å². The molecule has 0 radical (unpaired) electrons. The molecule has 5 nitrogen and oxygen atoms in total. The van der Waals surface area contributed by atoms with E-state index in [9.17, 15) is 13.2 Å². The Labute approximate surface area is 171 Å². The summed E-state index contributed by atoms with van der Waals surface area (Å²) in [5.41, 5.74) is 1.87. The minimum Gasteiger partial charge on any atom is -0.326 e. The molecule has 0 aromatic heterocycles. The Bertz CT molecular complexity index is 862. The summed E-state index contributed by atoms with van der Waals surface area (Å²) >= 11 is 1.72. The Balaban J connectivity index is 1.46. The standard InChI is InChI=1S/C21H26N2O3S2/c24-21(13-16-27-17-18-7-3-1-4-8-18)22-19-9-11-20(12-10-19)28(25,26)23-14-5-2-6-15-23/h1,3-4,7-12H,2,5-6,13-17H2,(H,22,24). The lowest BCUT2D eigenvalue weighted by molar-refractivity contribution is -0.115. The van der Waals surface area contributed by atoms with Crippen molar-refractivity contribution in [3.63, 3.8) is 0 Å². The average molecular weight is 419 g/mol. The van der Waals surface area contributed by atoms with E-state index in [1.54, 1.807) is 40.3 Å². The lowest BCUT2D eigenvalue weighted by Crippen LogP contribution is -2.35. The topological polar surface area (TPSA) is 66.5 Å². The summed E-state index contributed by atoms with van der Waals surface area (Å²) in [5.74, 6) is 1.56. The van der Waals surface area contributed by atoms with Crippen LogP contribution in [0.2, 0.25) is 0 Å². The van der Waals surface area contributed by atoms with E-state index in [0.29, 0.717) is 25.2 Å². The fourth-order valence-electron chi connectivity index (χ4n) is 3.12. The van der Waals surface area contributed by atoms with Crippen molar-refractivity contribution >= 4 is 33.4 Å². The number of hydrogen-bond donors (Lipinski definition) is 1. The van der Waals surface area contributed by atoms with Crippen LogP contribution in [0.25, 0.3) is 0 Å². The van der Waals surface area contributed by atoms with Crippen molar-refractivity contribution in [2.45, 2.75) is 36.3 Å². The molecule has 1 aliphatic rings. The summed E-state index contributed by atoms with van der Waals surface area (Å²) in [6.07, 6.45) is 3.33. The quantitative estimate of drug-likeness (QED) is 0.655. The Hall–Kier alpha value is -1.83. The van der Waals surface area contributed by atoms with Crippen LogP contribution in [-0.2, 0) is 20.6 Å². The summed E-state index contributed by atoms with van der Waals surface area (Å²) in [6.45, 7) is 1.17. The molecule has 0 unspecified atom stereocenters. The molecule has 0 aliphatic carbocycles. The van der Waals surface area contributed by atoms with Crippen molar-refractivity contribution < 1.29 is 13.2 Å². The van der Waals surface area contributed by atoms with Crippen LogP contribution in [0.1, 0.15) is 31.2 Å². The van der Waals surface area contributed by atoms with Gasteiger partial charge < -0.3 is 5.32 Å². The highest BCUT2D eigenvalue weighted by Crippen LogP contribution is 2.22. The first-order chi connectivity index (χ1) is 13.6. The molecule has 1 N–H and O–H groups in total. The van der Waals surface area contributed by atoms with Crippen LogP contribution in [0, 0.1) is 0 Å². The molecular weight excluding hydrogens is 392 g/mol. The molecule has 0 spiro atoms. The molecule has 150 valence electrons. The summed E-state index contributed by atoms with van der Waals surface area (Å²) in [4.78, 5) is 12.4. The molecule has 7 heteroatoms. The number of nitrogens with zero attached hydrogens (tertiary/aromatic N) is 1. The van der Waals surface area contributed by atoms with Gasteiger partial charge in [0.05, 0.1) is 4.90 Å². The van der Waals surface area contributed by atoms with E-state index in [4.69, 9.17) is 0 Å². The molecule has 2 aromatic rings. The summed E-state index contributed by atoms with van der Waals surface area (Å²) in [6, 6.07) is 16.6. The molecule has 28 heavy (non-hydrogen) atoms. The number of nitrogens with one attached hydrogen (secondary N) is 1. The summed E-state index contributed by atoms with van der Waals surface area (Å²) in [5, 5.41) is 2.84. The van der Waals surface area contributed by atoms with Gasteiger partial charge in [-0.15, -0.1) is 0 Å². The highest BCUT2D eigenvalue weighted by Gasteiger charge is 2.25. The zero-order valence-corrected chi connectivity index (χ0v) is 17.5. The average Bonchev–Trinajstić information content (AvgIpc) is 2.73. The van der Waals surface area contributed by atoms with Gasteiger partial charge in [-0.25, -0.2) is 8.42 Å². The zero-order chi connectivity index (χ0) is 19.8. The maximum absolute atomic E-state index is 12.6. The fraction of sp³-hybridized carbons (Fsp3) is 0.381. The van der Waals surface area contributed by atoms with Gasteiger partial charge in [-0.05, 0) is 42.7 Å². The van der Waals surface area contributed by atoms with Gasteiger partial charge in [0.1, 0.15) is 0 Å². The number of amides is 1. The molecule has 0 saturated carbocycles. The van der Waals surface area contributed by atoms with E-state index in [-0.39, 0.29) is 10.8 Å². The minimum absolute atomic E-state index is 0.0628. The van der Waals surface area contributed by atoms with Crippen LogP contribution < -0.4 is 5.32 Å². The predicted molar refractivity (Wildman–Crippen MR) is 115 cm³/mol. The van der Waals surface area contributed by atoms with E-state index in [0.717, 1.165) is 30.8 Å². The normalized spacial score (nSPS) is 15.3. The molecule has 1 aliphatic heterocycles. The van der Waals surface area contributed by atoms with Crippen LogP contribution in [0.5, 0.6) is 0 Å². The Morgan fingerprint density at radius 2 is 1.64 bits per heavy atom. The van der Waals surface area contributed by atoms with Gasteiger partial charge in [0, 0.05) is 36.7 Å². The highest BCUT2D eigenvalue weighted by atomic mass is 32.2. The first-order valence-corrected chi connectivity index (χ1v) is 12.2. The minimum atomic E-state index is -3.43. The molecule has 1 amide bonds. The molecule has 0 atom stereocenters. The molecule has 3 rings (SSSR count). The van der Waals surface area contributed by atoms with Crippen molar-refractivity contribution in [1.29, 1.82) is 0 Å². The van der Waals surface area contributed by atoms with Gasteiger partial charge in [-0.1, -0.05) is 36.8 Å². The molecule has 0 bridgehead atoms. The van der Waals surface area contributed by atoms with Crippen LogP contribution >= 0.6 is 11.8 Å². The van der Waals surface area contributed by atoms with E-state index < -0.39 is 10.0 Å². The number of carbonyl (C=O) groups is 1. The van der Waals surface area contributed by atoms with Crippen molar-refractivity contribution in [2.24, 2.45) is 0 Å². The fourth-order valence-corrected chi connectivity index (χ4v) is 5.54. The SMILES string of the molecule is O=C(CCSCc1ccccc1)Nc1ccc(S(=O)(=O)N2CCCCC2)cc1. The number of anilines is 1. The van der Waals surface area contributed by atoms with E-state index in [1.807, 2.05) is 18.2 Å². The van der Waals surface area contributed by atoms with Crippen LogP contribution in [0.4, 0.5) is 5.69 Å². The Morgan fingerprint density at radius 1 is 0.964 bits per heavy atom. The monoisotopic (exact) mass is 418 g/mol. The number of carbonyl (C=O) groups excluding carboxylic acids is 1. The molecule has 1 fully saturated rings. The Kier molecular flexibility index (Phi) is 7.53. The third kappa shape index (κ3) is 5.83. The van der Waals surface area contributed by atoms with Crippen LogP contribution in [0.3, 0.4) is 0 Å². The maximum atomic E-state index is 12.6. The third-order valence-corrected chi connectivity index (χ3v) is 7.62. The predicted octanol–water partition coefficient (Wildman–Crippen LogP) is 4.12. The van der Waals surface area contributed by atoms with Crippen molar-refractivity contribution in [2.75, 3.05) is 24.2 Å². The second kappa shape index (κ2) is 10.1. The summed E-state index contributed by atoms with van der Waals surface area (Å²) < 4.78 is 26.8. The van der Waals surface area contributed by atoms with Crippen molar-refractivity contribution in [3.05, 3.63) is 60.2 Å². The number of hydrogen-bond acceptors (Lipinski definition) is 4. The number of sulfonamides is 1. The number of thioether (sulfide) groups is 1. The largest absolute Gasteiger partial charge is 0.326 e. The second-order valence-corrected chi connectivity index (χ2v) is 9.87. The molecule has 2 aromatic carbocycles. The number of rotatable bonds is 8. The molecule has 1 saturated heterocycles. The maximum Gasteiger partial charge on any atom is 0.243 e. The van der Waals surface area contributed by atoms with E-state index in [2.05, 4.69) is 17.4 Å². The lowest BCUT2D eigenvalue weighted by atomic mass is 10.2. The van der Waals surface area contributed by atoms with Gasteiger partial charge in [-0.2, -0.15) is 16.1 Å². The Morgan fingerprint density at radius 3 is 2.32 bits per heavy atom. The van der Waals surface area contributed by atoms with Gasteiger partial charge in [0.2, 0.25) is 15.9 Å². The van der Waals surface area contributed by atoms with Gasteiger partial charge >= 0.3 is 0 Å². The molecule has 1 heterocycles. The molecular formula is C21H26N2O3S2. The first-order valence-electron chi connectivity index (χ1n) is 9.57. The third-order valence-electron chi connectivity index (χ3n) is 4.68. The van der Waals surface area contributed by atoms with Crippen molar-refractivity contribution in [3.8, 4) is 0 Å². The smallest absolute Gasteiger partial charge is 0.243 e. The first kappa shape index (κ1) is 20.9. The van der Waals surface area contributed by atoms with Crippen molar-refractivity contribution in [1.82, 2.24) is 4.31 Å². The van der Waals surface area contributed by atoms with E-state index >= 15 is 0 Å². The lowest BCUT2D eigenvalue weighted by Gasteiger charge is -2.25. The summed E-state index contributed by atoms with van der Waals surface area (Å²) in [7, 11) is -3.43. The second-order valence-electron chi connectivity index (χ2n) is 6.83. The number of piperidine rings is 1. The zero-order valence-electron chi connectivity index (χ0n) is 15.8. The van der Waals surface area contributed by atoms with Gasteiger partial charge in [-0.3, -0.25) is 4.79 Å². The highest BCUT2D eigenvalue weighted by molar-refractivity contribution is 7.98. The van der Waals surface area contributed by atoms with E-state index in [1.165, 1.54) is 5.56 Å². The van der Waals surface area contributed by atoms with Gasteiger partial charge in [0.25, 0.3) is 0 Å². The van der Waals surface area contributed by atoms with Crippen LogP contribution in [-0.4, -0.2) is 37.5 Å².